The van der Waals surface area contributed by atoms with Crippen LogP contribution in [0, 0.1) is 5.92 Å². The molecule has 2 aliphatic rings. The Morgan fingerprint density at radius 2 is 1.71 bits per heavy atom. The number of hydrogen-bond donors (Lipinski definition) is 2. The predicted octanol–water partition coefficient (Wildman–Crippen LogP) is 4.41. The summed E-state index contributed by atoms with van der Waals surface area (Å²) in [5, 5.41) is 12.2. The summed E-state index contributed by atoms with van der Waals surface area (Å²) in [5.74, 6) is -1.32. The number of likely N-dealkylation sites (tertiary alicyclic amines) is 1. The number of ether oxygens (including phenoxy) is 1. The van der Waals surface area contributed by atoms with Crippen LogP contribution in [-0.4, -0.2) is 53.7 Å². The van der Waals surface area contributed by atoms with Crippen molar-refractivity contribution in [3.8, 4) is 11.1 Å². The molecule has 7 heteroatoms. The van der Waals surface area contributed by atoms with E-state index in [1.54, 1.807) is 0 Å². The Kier molecular flexibility index (Phi) is 7.50. The molecule has 1 aliphatic carbocycles. The minimum atomic E-state index is -0.933. The third kappa shape index (κ3) is 5.08. The highest BCUT2D eigenvalue weighted by atomic mass is 16.5. The molecule has 0 saturated carbocycles. The van der Waals surface area contributed by atoms with Gasteiger partial charge in [0, 0.05) is 24.9 Å². The number of carboxylic acid groups (broad SMARTS) is 1. The number of nitrogens with zero attached hydrogens (tertiary/aromatic N) is 1. The number of carbonyl (C=O) groups is 3. The van der Waals surface area contributed by atoms with Crippen LogP contribution in [0.5, 0.6) is 0 Å². The van der Waals surface area contributed by atoms with Gasteiger partial charge in [-0.2, -0.15) is 0 Å². The molecule has 180 valence electrons. The lowest BCUT2D eigenvalue weighted by molar-refractivity contribution is -0.153. The van der Waals surface area contributed by atoms with Crippen molar-refractivity contribution in [2.24, 2.45) is 5.92 Å². The standard InChI is InChI=1S/C27H32N2O5/c1-18(25(30)29-16-7-6-14-24(29)26(31)32)9-8-15-28-27(33)34-17-23-21-12-4-2-10-19(21)20-11-3-5-13-22(20)23/h2-5,10-13,18,23-24H,6-9,14-17H2,1H3,(H,28,33)(H,31,32). The molecule has 2 N–H and O–H groups in total. The molecule has 2 aromatic carbocycles. The van der Waals surface area contributed by atoms with Crippen LogP contribution in [-0.2, 0) is 14.3 Å². The van der Waals surface area contributed by atoms with Crippen LogP contribution >= 0.6 is 0 Å². The molecule has 0 bridgehead atoms. The van der Waals surface area contributed by atoms with Gasteiger partial charge in [-0.25, -0.2) is 9.59 Å². The minimum absolute atomic E-state index is 0.0162. The highest BCUT2D eigenvalue weighted by Gasteiger charge is 2.34. The second-order valence-electron chi connectivity index (χ2n) is 9.18. The van der Waals surface area contributed by atoms with Gasteiger partial charge in [0.05, 0.1) is 0 Å². The van der Waals surface area contributed by atoms with Gasteiger partial charge in [0.15, 0.2) is 0 Å². The molecule has 2 atom stereocenters. The minimum Gasteiger partial charge on any atom is -0.480 e. The fraction of sp³-hybridized carbons (Fsp3) is 0.444. The van der Waals surface area contributed by atoms with Crippen molar-refractivity contribution in [2.75, 3.05) is 19.7 Å². The summed E-state index contributed by atoms with van der Waals surface area (Å²) in [6.45, 7) is 2.98. The fourth-order valence-electron chi connectivity index (χ4n) is 5.11. The first kappa shape index (κ1) is 23.8. The van der Waals surface area contributed by atoms with E-state index < -0.39 is 18.1 Å². The monoisotopic (exact) mass is 464 g/mol. The number of benzene rings is 2. The zero-order valence-electron chi connectivity index (χ0n) is 19.5. The van der Waals surface area contributed by atoms with Crippen LogP contribution in [0.1, 0.15) is 56.1 Å². The first-order chi connectivity index (χ1) is 16.5. The van der Waals surface area contributed by atoms with Crippen LogP contribution in [0.4, 0.5) is 4.79 Å². The Hall–Kier alpha value is -3.35. The topological polar surface area (TPSA) is 95.9 Å². The lowest BCUT2D eigenvalue weighted by Crippen LogP contribution is -2.49. The van der Waals surface area contributed by atoms with Gasteiger partial charge in [-0.1, -0.05) is 55.5 Å². The maximum Gasteiger partial charge on any atom is 0.407 e. The van der Waals surface area contributed by atoms with Crippen LogP contribution < -0.4 is 5.32 Å². The second kappa shape index (κ2) is 10.7. The lowest BCUT2D eigenvalue weighted by Gasteiger charge is -2.34. The molecule has 2 aromatic rings. The van der Waals surface area contributed by atoms with E-state index in [9.17, 15) is 19.5 Å². The number of piperidine rings is 1. The summed E-state index contributed by atoms with van der Waals surface area (Å²) in [6, 6.07) is 15.7. The van der Waals surface area contributed by atoms with Gasteiger partial charge in [-0.05, 0) is 54.4 Å². The third-order valence-electron chi connectivity index (χ3n) is 6.92. The van der Waals surface area contributed by atoms with Gasteiger partial charge < -0.3 is 20.1 Å². The van der Waals surface area contributed by atoms with Crippen LogP contribution in [0.3, 0.4) is 0 Å². The molecule has 0 aromatic heterocycles. The van der Waals surface area contributed by atoms with Crippen molar-refractivity contribution in [2.45, 2.75) is 51.0 Å². The Labute approximate surface area is 200 Å². The molecule has 2 unspecified atom stereocenters. The van der Waals surface area contributed by atoms with Crippen LogP contribution in [0.15, 0.2) is 48.5 Å². The van der Waals surface area contributed by atoms with Gasteiger partial charge in [-0.15, -0.1) is 0 Å². The van der Waals surface area contributed by atoms with Crippen molar-refractivity contribution >= 4 is 18.0 Å². The van der Waals surface area contributed by atoms with Gasteiger partial charge in [0.25, 0.3) is 0 Å². The van der Waals surface area contributed by atoms with Crippen molar-refractivity contribution in [3.63, 3.8) is 0 Å². The van der Waals surface area contributed by atoms with E-state index >= 15 is 0 Å². The first-order valence-corrected chi connectivity index (χ1v) is 12.1. The first-order valence-electron chi connectivity index (χ1n) is 12.1. The second-order valence-corrected chi connectivity index (χ2v) is 9.18. The van der Waals surface area contributed by atoms with Crippen LogP contribution in [0.25, 0.3) is 11.1 Å². The van der Waals surface area contributed by atoms with E-state index in [2.05, 4.69) is 29.6 Å². The number of carboxylic acids is 1. The fourth-order valence-corrected chi connectivity index (χ4v) is 5.11. The number of carbonyl (C=O) groups excluding carboxylic acids is 2. The van der Waals surface area contributed by atoms with Gasteiger partial charge >= 0.3 is 12.1 Å². The molecule has 4 rings (SSSR count). The maximum atomic E-state index is 12.7. The summed E-state index contributed by atoms with van der Waals surface area (Å²) in [7, 11) is 0. The average molecular weight is 465 g/mol. The highest BCUT2D eigenvalue weighted by molar-refractivity contribution is 5.85. The van der Waals surface area contributed by atoms with E-state index in [1.165, 1.54) is 27.2 Å². The van der Waals surface area contributed by atoms with Gasteiger partial charge in [0.1, 0.15) is 12.6 Å². The molecule has 1 aliphatic heterocycles. The Bertz CT molecular complexity index is 1010. The summed E-state index contributed by atoms with van der Waals surface area (Å²) in [6.07, 6.45) is 2.90. The average Bonchev–Trinajstić information content (AvgIpc) is 3.18. The summed E-state index contributed by atoms with van der Waals surface area (Å²) >= 11 is 0. The molecule has 2 amide bonds. The number of amides is 2. The molecule has 0 radical (unpaired) electrons. The molecular formula is C27H32N2O5. The molecule has 1 fully saturated rings. The smallest absolute Gasteiger partial charge is 0.407 e. The third-order valence-corrected chi connectivity index (χ3v) is 6.92. The largest absolute Gasteiger partial charge is 0.480 e. The van der Waals surface area contributed by atoms with Crippen molar-refractivity contribution in [3.05, 3.63) is 59.7 Å². The Morgan fingerprint density at radius 1 is 1.06 bits per heavy atom. The van der Waals surface area contributed by atoms with E-state index in [-0.39, 0.29) is 24.3 Å². The van der Waals surface area contributed by atoms with Gasteiger partial charge in [-0.3, -0.25) is 4.79 Å². The van der Waals surface area contributed by atoms with E-state index in [0.29, 0.717) is 32.4 Å². The molecule has 0 spiro atoms. The molecule has 1 heterocycles. The van der Waals surface area contributed by atoms with Crippen molar-refractivity contribution < 1.29 is 24.2 Å². The number of hydrogen-bond acceptors (Lipinski definition) is 4. The SMILES string of the molecule is CC(CCCNC(=O)OCC1c2ccccc2-c2ccccc21)C(=O)N1CCCCC1C(=O)O. The van der Waals surface area contributed by atoms with Crippen LogP contribution in [0.2, 0.25) is 0 Å². The number of alkyl carbamates (subject to hydrolysis) is 1. The van der Waals surface area contributed by atoms with E-state index in [4.69, 9.17) is 4.74 Å². The normalized spacial score (nSPS) is 18.0. The van der Waals surface area contributed by atoms with Crippen molar-refractivity contribution in [1.82, 2.24) is 10.2 Å². The molecule has 1 saturated heterocycles. The molecule has 34 heavy (non-hydrogen) atoms. The Balaban J connectivity index is 1.22. The zero-order chi connectivity index (χ0) is 24.1. The number of aliphatic carboxylic acids is 1. The van der Waals surface area contributed by atoms with Crippen molar-refractivity contribution in [1.29, 1.82) is 0 Å². The summed E-state index contributed by atoms with van der Waals surface area (Å²) in [5.41, 5.74) is 4.71. The molecular weight excluding hydrogens is 432 g/mol. The summed E-state index contributed by atoms with van der Waals surface area (Å²) < 4.78 is 5.54. The number of nitrogens with one attached hydrogen (secondary N) is 1. The van der Waals surface area contributed by atoms with E-state index in [1.807, 2.05) is 31.2 Å². The summed E-state index contributed by atoms with van der Waals surface area (Å²) in [4.78, 5) is 38.0. The zero-order valence-corrected chi connectivity index (χ0v) is 19.5. The highest BCUT2D eigenvalue weighted by Crippen LogP contribution is 2.44. The Morgan fingerprint density at radius 3 is 2.35 bits per heavy atom. The predicted molar refractivity (Wildman–Crippen MR) is 128 cm³/mol. The van der Waals surface area contributed by atoms with Gasteiger partial charge in [0.2, 0.25) is 5.91 Å². The quantitative estimate of drug-likeness (QED) is 0.565. The maximum absolute atomic E-state index is 12.7. The molecule has 7 nitrogen and oxygen atoms in total. The number of fused-ring (bicyclic) bond motifs is 3. The van der Waals surface area contributed by atoms with E-state index in [0.717, 1.165) is 12.8 Å². The number of rotatable bonds is 8. The lowest BCUT2D eigenvalue weighted by atomic mass is 9.97.